The van der Waals surface area contributed by atoms with Gasteiger partial charge >= 0.3 is 6.09 Å². The van der Waals surface area contributed by atoms with Crippen LogP contribution in [0.2, 0.25) is 0 Å². The summed E-state index contributed by atoms with van der Waals surface area (Å²) in [6.07, 6.45) is 1.64. The zero-order chi connectivity index (χ0) is 17.9. The van der Waals surface area contributed by atoms with E-state index in [4.69, 9.17) is 4.98 Å². The number of amides is 1. The van der Waals surface area contributed by atoms with Gasteiger partial charge in [0.25, 0.3) is 0 Å². The lowest BCUT2D eigenvalue weighted by molar-refractivity contribution is 0.0597. The number of nitrogens with zero attached hydrogens (tertiary/aromatic N) is 2. The molecule has 130 valence electrons. The molecule has 1 atom stereocenters. The van der Waals surface area contributed by atoms with Crippen LogP contribution >= 0.6 is 0 Å². The number of aromatic amines is 1. The molecule has 2 aromatic rings. The minimum absolute atomic E-state index is 0.306. The summed E-state index contributed by atoms with van der Waals surface area (Å²) >= 11 is 0. The molecule has 0 aliphatic heterocycles. The van der Waals surface area contributed by atoms with E-state index in [1.54, 1.807) is 0 Å². The van der Waals surface area contributed by atoms with Crippen LogP contribution in [0.5, 0.6) is 0 Å². The first kappa shape index (κ1) is 18.0. The van der Waals surface area contributed by atoms with Crippen LogP contribution in [0.1, 0.15) is 52.9 Å². The van der Waals surface area contributed by atoms with Gasteiger partial charge in [-0.05, 0) is 33.1 Å². The molecule has 0 saturated carbocycles. The van der Waals surface area contributed by atoms with Crippen molar-refractivity contribution >= 4 is 6.09 Å². The van der Waals surface area contributed by atoms with Crippen LogP contribution in [0, 0.1) is 5.92 Å². The number of carboxylic acid groups (broad SMARTS) is 1. The molecule has 1 heterocycles. The number of nitrogens with one attached hydrogen (secondary N) is 1. The van der Waals surface area contributed by atoms with Gasteiger partial charge < -0.3 is 10.1 Å². The van der Waals surface area contributed by atoms with Crippen LogP contribution in [0.3, 0.4) is 0 Å². The Bertz CT molecular complexity index is 671. The number of aromatic nitrogens is 2. The highest BCUT2D eigenvalue weighted by atomic mass is 16.4. The first-order valence-electron chi connectivity index (χ1n) is 8.33. The molecule has 24 heavy (non-hydrogen) atoms. The second-order valence-electron chi connectivity index (χ2n) is 7.51. The number of carbonyl (C=O) groups is 1. The molecular formula is C19H27N3O2. The number of imidazole rings is 1. The zero-order valence-electron chi connectivity index (χ0n) is 15.1. The predicted molar refractivity (Wildman–Crippen MR) is 95.8 cm³/mol. The Morgan fingerprint density at radius 2 is 1.88 bits per heavy atom. The fourth-order valence-electron chi connectivity index (χ4n) is 2.94. The van der Waals surface area contributed by atoms with Gasteiger partial charge in [0.15, 0.2) is 0 Å². The summed E-state index contributed by atoms with van der Waals surface area (Å²) in [4.78, 5) is 21.3. The van der Waals surface area contributed by atoms with Crippen molar-refractivity contribution in [1.29, 1.82) is 0 Å². The van der Waals surface area contributed by atoms with Gasteiger partial charge in [-0.1, -0.05) is 44.2 Å². The van der Waals surface area contributed by atoms with Gasteiger partial charge in [-0.15, -0.1) is 0 Å². The third kappa shape index (κ3) is 4.16. The average molecular weight is 329 g/mol. The van der Waals surface area contributed by atoms with Gasteiger partial charge in [0.05, 0.1) is 11.7 Å². The van der Waals surface area contributed by atoms with E-state index in [1.165, 1.54) is 4.90 Å². The summed E-state index contributed by atoms with van der Waals surface area (Å²) in [6, 6.07) is 9.58. The number of hydrogen-bond donors (Lipinski definition) is 2. The lowest BCUT2D eigenvalue weighted by Gasteiger charge is -2.39. The molecule has 2 rings (SSSR count). The highest BCUT2D eigenvalue weighted by Crippen LogP contribution is 2.33. The van der Waals surface area contributed by atoms with E-state index in [9.17, 15) is 9.90 Å². The Hall–Kier alpha value is -2.30. The van der Waals surface area contributed by atoms with Gasteiger partial charge in [0, 0.05) is 17.3 Å². The van der Waals surface area contributed by atoms with Crippen molar-refractivity contribution in [2.45, 2.75) is 52.6 Å². The fourth-order valence-corrected chi connectivity index (χ4v) is 2.94. The standard InChI is InChI=1S/C19H27N3O2/c1-13(2)11-16(22(18(23)24)19(3,4)5)17-20-12-15(21-17)14-9-7-6-8-10-14/h6-10,12-13,16H,11H2,1-5H3,(H,20,21)(H,23,24)/t16-/m1/s1. The smallest absolute Gasteiger partial charge is 0.408 e. The van der Waals surface area contributed by atoms with E-state index < -0.39 is 11.6 Å². The maximum Gasteiger partial charge on any atom is 0.408 e. The van der Waals surface area contributed by atoms with E-state index in [2.05, 4.69) is 18.8 Å². The van der Waals surface area contributed by atoms with Crippen LogP contribution in [0.15, 0.2) is 36.5 Å². The lowest BCUT2D eigenvalue weighted by Crippen LogP contribution is -2.47. The van der Waals surface area contributed by atoms with Crippen molar-refractivity contribution in [3.63, 3.8) is 0 Å². The maximum atomic E-state index is 11.9. The molecule has 0 saturated heterocycles. The molecule has 0 spiro atoms. The average Bonchev–Trinajstić information content (AvgIpc) is 2.94. The number of hydrogen-bond acceptors (Lipinski definition) is 2. The topological polar surface area (TPSA) is 69.2 Å². The van der Waals surface area contributed by atoms with Gasteiger partial charge in [-0.25, -0.2) is 9.78 Å². The molecule has 1 aromatic heterocycles. The Morgan fingerprint density at radius 3 is 2.38 bits per heavy atom. The Labute approximate surface area is 143 Å². The predicted octanol–water partition coefficient (Wildman–Crippen LogP) is 4.94. The van der Waals surface area contributed by atoms with Gasteiger partial charge in [-0.2, -0.15) is 0 Å². The molecule has 0 aliphatic rings. The normalized spacial score (nSPS) is 13.1. The molecule has 2 N–H and O–H groups in total. The van der Waals surface area contributed by atoms with Crippen molar-refractivity contribution in [2.75, 3.05) is 0 Å². The number of rotatable bonds is 5. The summed E-state index contributed by atoms with van der Waals surface area (Å²) in [5.41, 5.74) is 1.34. The highest BCUT2D eigenvalue weighted by Gasteiger charge is 2.36. The Morgan fingerprint density at radius 1 is 1.25 bits per heavy atom. The molecule has 5 heteroatoms. The highest BCUT2D eigenvalue weighted by molar-refractivity contribution is 5.67. The Kier molecular flexibility index (Phi) is 5.32. The third-order valence-electron chi connectivity index (χ3n) is 3.92. The molecule has 5 nitrogen and oxygen atoms in total. The summed E-state index contributed by atoms with van der Waals surface area (Å²) < 4.78 is 0. The fraction of sp³-hybridized carbons (Fsp3) is 0.474. The molecule has 0 fully saturated rings. The minimum Gasteiger partial charge on any atom is -0.465 e. The van der Waals surface area contributed by atoms with Crippen molar-refractivity contribution in [1.82, 2.24) is 14.9 Å². The second kappa shape index (κ2) is 7.07. The van der Waals surface area contributed by atoms with Crippen LogP contribution in [0.25, 0.3) is 11.3 Å². The van der Waals surface area contributed by atoms with E-state index >= 15 is 0 Å². The molecule has 1 aromatic carbocycles. The molecular weight excluding hydrogens is 302 g/mol. The summed E-state index contributed by atoms with van der Waals surface area (Å²) in [6.45, 7) is 9.92. The summed E-state index contributed by atoms with van der Waals surface area (Å²) in [5.74, 6) is 1.05. The second-order valence-corrected chi connectivity index (χ2v) is 7.51. The van der Waals surface area contributed by atoms with Crippen LogP contribution in [0.4, 0.5) is 4.79 Å². The van der Waals surface area contributed by atoms with Crippen molar-refractivity contribution in [3.05, 3.63) is 42.4 Å². The van der Waals surface area contributed by atoms with Crippen molar-refractivity contribution < 1.29 is 9.90 Å². The molecule has 0 bridgehead atoms. The van der Waals surface area contributed by atoms with Crippen molar-refractivity contribution in [3.8, 4) is 11.3 Å². The van der Waals surface area contributed by atoms with Crippen LogP contribution in [-0.4, -0.2) is 31.6 Å². The lowest BCUT2D eigenvalue weighted by atomic mass is 9.96. The first-order chi connectivity index (χ1) is 11.2. The first-order valence-corrected chi connectivity index (χ1v) is 8.33. The van der Waals surface area contributed by atoms with E-state index in [-0.39, 0.29) is 6.04 Å². The summed E-state index contributed by atoms with van der Waals surface area (Å²) in [7, 11) is 0. The molecule has 1 amide bonds. The van der Waals surface area contributed by atoms with Crippen LogP contribution < -0.4 is 0 Å². The molecule has 0 unspecified atom stereocenters. The van der Waals surface area contributed by atoms with Crippen LogP contribution in [-0.2, 0) is 0 Å². The molecule has 0 radical (unpaired) electrons. The summed E-state index contributed by atoms with van der Waals surface area (Å²) in [5, 5.41) is 9.76. The number of H-pyrrole nitrogens is 1. The van der Waals surface area contributed by atoms with Crippen molar-refractivity contribution in [2.24, 2.45) is 5.92 Å². The van der Waals surface area contributed by atoms with Gasteiger partial charge in [0.2, 0.25) is 0 Å². The largest absolute Gasteiger partial charge is 0.465 e. The van der Waals surface area contributed by atoms with E-state index in [0.717, 1.165) is 11.3 Å². The quantitative estimate of drug-likeness (QED) is 0.816. The number of benzene rings is 1. The van der Waals surface area contributed by atoms with Gasteiger partial charge in [-0.3, -0.25) is 4.90 Å². The van der Waals surface area contributed by atoms with Gasteiger partial charge in [0.1, 0.15) is 5.82 Å². The molecule has 0 aliphatic carbocycles. The van der Waals surface area contributed by atoms with E-state index in [1.807, 2.05) is 57.3 Å². The monoisotopic (exact) mass is 329 g/mol. The maximum absolute atomic E-state index is 11.9. The third-order valence-corrected chi connectivity index (χ3v) is 3.92. The van der Waals surface area contributed by atoms with E-state index in [0.29, 0.717) is 18.2 Å². The Balaban J connectivity index is 2.42. The zero-order valence-corrected chi connectivity index (χ0v) is 15.1. The SMILES string of the molecule is CC(C)C[C@H](c1nc(-c2ccccc2)c[nH]1)N(C(=O)O)C(C)(C)C. The minimum atomic E-state index is -0.925.